The van der Waals surface area contributed by atoms with E-state index in [4.69, 9.17) is 4.74 Å². The molecule has 1 aliphatic rings. The number of ether oxygens (including phenoxy) is 1. The van der Waals surface area contributed by atoms with Crippen LogP contribution in [0.4, 0.5) is 0 Å². The fraction of sp³-hybridized carbons (Fsp3) is 0.562. The summed E-state index contributed by atoms with van der Waals surface area (Å²) in [5.74, 6) is 1.43. The summed E-state index contributed by atoms with van der Waals surface area (Å²) in [6, 6.07) is 10.1. The fourth-order valence-corrected chi connectivity index (χ4v) is 3.21. The summed E-state index contributed by atoms with van der Waals surface area (Å²) >= 11 is 1.62. The van der Waals surface area contributed by atoms with Gasteiger partial charge in [-0.25, -0.2) is 0 Å². The van der Waals surface area contributed by atoms with Crippen molar-refractivity contribution in [3.8, 4) is 0 Å². The fourth-order valence-electron chi connectivity index (χ4n) is 2.39. The molecule has 4 heteroatoms. The monoisotopic (exact) mass is 293 g/mol. The maximum absolute atomic E-state index is 12.2. The lowest BCUT2D eigenvalue weighted by molar-refractivity contribution is -0.130. The first kappa shape index (κ1) is 15.4. The first-order chi connectivity index (χ1) is 9.79. The predicted molar refractivity (Wildman–Crippen MR) is 83.0 cm³/mol. The molecule has 0 spiro atoms. The average molecular weight is 293 g/mol. The maximum Gasteiger partial charge on any atom is 0.232 e. The van der Waals surface area contributed by atoms with Crippen LogP contribution in [0.1, 0.15) is 19.8 Å². The Bertz CT molecular complexity index is 402. The Labute approximate surface area is 125 Å². The topological polar surface area (TPSA) is 29.5 Å². The molecule has 0 atom stereocenters. The third-order valence-corrected chi connectivity index (χ3v) is 4.63. The number of carbonyl (C=O) groups is 1. The van der Waals surface area contributed by atoms with Crippen LogP contribution in [0.2, 0.25) is 0 Å². The molecule has 0 aromatic heterocycles. The second-order valence-corrected chi connectivity index (χ2v) is 6.13. The number of piperidine rings is 1. The second-order valence-electron chi connectivity index (χ2n) is 5.09. The standard InChI is InChI=1S/C16H23NO2S/c1-2-19-12-14-8-10-17(11-9-14)16(18)13-20-15-6-4-3-5-7-15/h3-7,14H,2,8-13H2,1H3. The molecule has 1 saturated heterocycles. The van der Waals surface area contributed by atoms with Crippen molar-refractivity contribution >= 4 is 17.7 Å². The van der Waals surface area contributed by atoms with Crippen molar-refractivity contribution in [3.05, 3.63) is 30.3 Å². The normalized spacial score (nSPS) is 16.4. The van der Waals surface area contributed by atoms with Gasteiger partial charge >= 0.3 is 0 Å². The molecule has 1 amide bonds. The molecule has 0 unspecified atom stereocenters. The van der Waals surface area contributed by atoms with Gasteiger partial charge < -0.3 is 9.64 Å². The number of amides is 1. The van der Waals surface area contributed by atoms with Crippen LogP contribution in [-0.4, -0.2) is 42.9 Å². The molecule has 1 aromatic carbocycles. The molecule has 0 radical (unpaired) electrons. The van der Waals surface area contributed by atoms with E-state index < -0.39 is 0 Å². The molecule has 1 fully saturated rings. The molecule has 0 N–H and O–H groups in total. The minimum absolute atomic E-state index is 0.258. The van der Waals surface area contributed by atoms with Gasteiger partial charge in [-0.2, -0.15) is 0 Å². The largest absolute Gasteiger partial charge is 0.381 e. The predicted octanol–water partition coefficient (Wildman–Crippen LogP) is 3.05. The molecule has 20 heavy (non-hydrogen) atoms. The van der Waals surface area contributed by atoms with E-state index in [1.54, 1.807) is 11.8 Å². The van der Waals surface area contributed by atoms with Crippen molar-refractivity contribution in [2.75, 3.05) is 32.1 Å². The van der Waals surface area contributed by atoms with Crippen LogP contribution >= 0.6 is 11.8 Å². The summed E-state index contributed by atoms with van der Waals surface area (Å²) in [5.41, 5.74) is 0. The van der Waals surface area contributed by atoms with Crippen molar-refractivity contribution < 1.29 is 9.53 Å². The molecule has 1 aliphatic heterocycles. The van der Waals surface area contributed by atoms with Gasteiger partial charge in [0.15, 0.2) is 0 Å². The lowest BCUT2D eigenvalue weighted by Crippen LogP contribution is -2.40. The summed E-state index contributed by atoms with van der Waals surface area (Å²) < 4.78 is 5.47. The number of rotatable bonds is 6. The molecule has 1 aromatic rings. The van der Waals surface area contributed by atoms with Crippen molar-refractivity contribution in [1.29, 1.82) is 0 Å². The van der Waals surface area contributed by atoms with Crippen molar-refractivity contribution in [2.24, 2.45) is 5.92 Å². The van der Waals surface area contributed by atoms with Gasteiger partial charge in [-0.05, 0) is 37.8 Å². The van der Waals surface area contributed by atoms with Crippen LogP contribution < -0.4 is 0 Å². The van der Waals surface area contributed by atoms with E-state index in [9.17, 15) is 4.79 Å². The van der Waals surface area contributed by atoms with Crippen LogP contribution in [0.15, 0.2) is 35.2 Å². The van der Waals surface area contributed by atoms with Crippen molar-refractivity contribution in [2.45, 2.75) is 24.7 Å². The third-order valence-electron chi connectivity index (χ3n) is 3.63. The minimum Gasteiger partial charge on any atom is -0.381 e. The summed E-state index contributed by atoms with van der Waals surface area (Å²) in [4.78, 5) is 15.3. The highest BCUT2D eigenvalue weighted by Gasteiger charge is 2.22. The SMILES string of the molecule is CCOCC1CCN(C(=O)CSc2ccccc2)CC1. The van der Waals surface area contributed by atoms with E-state index in [0.29, 0.717) is 11.7 Å². The number of benzene rings is 1. The highest BCUT2D eigenvalue weighted by Crippen LogP contribution is 2.21. The molecule has 0 saturated carbocycles. The van der Waals surface area contributed by atoms with E-state index >= 15 is 0 Å². The van der Waals surface area contributed by atoms with Gasteiger partial charge in [-0.3, -0.25) is 4.79 Å². The minimum atomic E-state index is 0.258. The van der Waals surface area contributed by atoms with Crippen LogP contribution in [0.25, 0.3) is 0 Å². The smallest absolute Gasteiger partial charge is 0.232 e. The molecular weight excluding hydrogens is 270 g/mol. The molecule has 3 nitrogen and oxygen atoms in total. The molecule has 1 heterocycles. The van der Waals surface area contributed by atoms with E-state index in [0.717, 1.165) is 44.0 Å². The van der Waals surface area contributed by atoms with E-state index in [-0.39, 0.29) is 5.91 Å². The zero-order valence-corrected chi connectivity index (χ0v) is 12.9. The van der Waals surface area contributed by atoms with Crippen molar-refractivity contribution in [3.63, 3.8) is 0 Å². The van der Waals surface area contributed by atoms with Crippen LogP contribution in [-0.2, 0) is 9.53 Å². The Kier molecular flexibility index (Phi) is 6.40. The molecule has 0 aliphatic carbocycles. The molecular formula is C16H23NO2S. The van der Waals surface area contributed by atoms with Crippen molar-refractivity contribution in [1.82, 2.24) is 4.90 Å². The van der Waals surface area contributed by atoms with Gasteiger partial charge in [0.1, 0.15) is 0 Å². The molecule has 2 rings (SSSR count). The Morgan fingerprint density at radius 3 is 2.65 bits per heavy atom. The number of thioether (sulfide) groups is 1. The summed E-state index contributed by atoms with van der Waals surface area (Å²) in [7, 11) is 0. The third kappa shape index (κ3) is 4.84. The first-order valence-corrected chi connectivity index (χ1v) is 8.31. The number of nitrogens with zero attached hydrogens (tertiary/aromatic N) is 1. The Hall–Kier alpha value is -1.00. The van der Waals surface area contributed by atoms with E-state index in [1.807, 2.05) is 42.2 Å². The highest BCUT2D eigenvalue weighted by atomic mass is 32.2. The maximum atomic E-state index is 12.2. The lowest BCUT2D eigenvalue weighted by atomic mass is 9.98. The van der Waals surface area contributed by atoms with Crippen LogP contribution in [0, 0.1) is 5.92 Å². The Balaban J connectivity index is 1.69. The summed E-state index contributed by atoms with van der Waals surface area (Å²) in [5, 5.41) is 0. The van der Waals surface area contributed by atoms with Crippen LogP contribution in [0.5, 0.6) is 0 Å². The van der Waals surface area contributed by atoms with Gasteiger partial charge in [-0.15, -0.1) is 11.8 Å². The van der Waals surface area contributed by atoms with Gasteiger partial charge in [0.25, 0.3) is 0 Å². The lowest BCUT2D eigenvalue weighted by Gasteiger charge is -2.31. The van der Waals surface area contributed by atoms with Gasteiger partial charge in [0.2, 0.25) is 5.91 Å². The first-order valence-electron chi connectivity index (χ1n) is 7.33. The highest BCUT2D eigenvalue weighted by molar-refractivity contribution is 8.00. The average Bonchev–Trinajstić information content (AvgIpc) is 2.52. The second kappa shape index (κ2) is 8.32. The van der Waals surface area contributed by atoms with Gasteiger partial charge in [0, 0.05) is 31.2 Å². The molecule has 110 valence electrons. The van der Waals surface area contributed by atoms with Gasteiger partial charge in [0.05, 0.1) is 5.75 Å². The Morgan fingerprint density at radius 1 is 1.30 bits per heavy atom. The van der Waals surface area contributed by atoms with Crippen LogP contribution in [0.3, 0.4) is 0 Å². The zero-order chi connectivity index (χ0) is 14.2. The number of hydrogen-bond acceptors (Lipinski definition) is 3. The van der Waals surface area contributed by atoms with E-state index in [1.165, 1.54) is 0 Å². The summed E-state index contributed by atoms with van der Waals surface area (Å²) in [6.07, 6.45) is 2.14. The number of hydrogen-bond donors (Lipinski definition) is 0. The number of likely N-dealkylation sites (tertiary alicyclic amines) is 1. The zero-order valence-electron chi connectivity index (χ0n) is 12.1. The summed E-state index contributed by atoms with van der Waals surface area (Å²) in [6.45, 7) is 5.42. The Morgan fingerprint density at radius 2 is 2.00 bits per heavy atom. The molecule has 0 bridgehead atoms. The quantitative estimate of drug-likeness (QED) is 0.755. The van der Waals surface area contributed by atoms with E-state index in [2.05, 4.69) is 0 Å². The number of carbonyl (C=O) groups excluding carboxylic acids is 1. The van der Waals surface area contributed by atoms with Gasteiger partial charge in [-0.1, -0.05) is 18.2 Å².